The van der Waals surface area contributed by atoms with E-state index >= 15 is 0 Å². The lowest BCUT2D eigenvalue weighted by Crippen LogP contribution is -2.28. The summed E-state index contributed by atoms with van der Waals surface area (Å²) in [6.45, 7) is 5.31. The lowest BCUT2D eigenvalue weighted by molar-refractivity contribution is 0.0522. The van der Waals surface area contributed by atoms with E-state index in [-0.39, 0.29) is 11.6 Å². The Morgan fingerprint density at radius 1 is 1.33 bits per heavy atom. The number of carbonyl (C=O) groups is 2. The van der Waals surface area contributed by atoms with Crippen molar-refractivity contribution in [3.63, 3.8) is 0 Å². The van der Waals surface area contributed by atoms with Gasteiger partial charge in [0.2, 0.25) is 0 Å². The van der Waals surface area contributed by atoms with Crippen LogP contribution in [0.3, 0.4) is 0 Å². The van der Waals surface area contributed by atoms with Gasteiger partial charge in [0.15, 0.2) is 5.69 Å². The van der Waals surface area contributed by atoms with Crippen LogP contribution >= 0.6 is 15.9 Å². The fourth-order valence-electron chi connectivity index (χ4n) is 1.82. The molecule has 1 N–H and O–H groups in total. The maximum Gasteiger partial charge on any atom is 0.435 e. The third-order valence-corrected chi connectivity index (χ3v) is 3.14. The predicted molar refractivity (Wildman–Crippen MR) is 82.5 cm³/mol. The summed E-state index contributed by atoms with van der Waals surface area (Å²) in [6.07, 6.45) is -0.624. The number of aromatic nitrogens is 2. The summed E-state index contributed by atoms with van der Waals surface area (Å²) in [7, 11) is 1.51. The Morgan fingerprint density at radius 3 is 2.57 bits per heavy atom. The molecule has 0 aliphatic carbocycles. The van der Waals surface area contributed by atoms with Crippen LogP contribution in [0, 0.1) is 0 Å². The van der Waals surface area contributed by atoms with Gasteiger partial charge in [0.1, 0.15) is 5.60 Å². The number of nitrogens with zero attached hydrogens (tertiary/aromatic N) is 2. The van der Waals surface area contributed by atoms with Gasteiger partial charge >= 0.3 is 6.09 Å². The molecule has 0 bridgehead atoms. The lowest BCUT2D eigenvalue weighted by atomic mass is 10.2. The summed E-state index contributed by atoms with van der Waals surface area (Å²) >= 11 is 3.35. The minimum atomic E-state index is -0.644. The summed E-state index contributed by atoms with van der Waals surface area (Å²) < 4.78 is 7.20. The van der Waals surface area contributed by atoms with Crippen LogP contribution in [-0.2, 0) is 4.74 Å². The molecule has 0 saturated heterocycles. The van der Waals surface area contributed by atoms with Crippen LogP contribution in [0.25, 0.3) is 10.9 Å². The summed E-state index contributed by atoms with van der Waals surface area (Å²) in [5.41, 5.74) is 0.0530. The molecule has 0 radical (unpaired) electrons. The molecule has 0 saturated carbocycles. The van der Waals surface area contributed by atoms with E-state index in [4.69, 9.17) is 4.74 Å². The van der Waals surface area contributed by atoms with Gasteiger partial charge in [-0.05, 0) is 39.0 Å². The largest absolute Gasteiger partial charge is 0.442 e. The highest BCUT2D eigenvalue weighted by Gasteiger charge is 2.24. The highest BCUT2D eigenvalue weighted by molar-refractivity contribution is 9.10. The lowest BCUT2D eigenvalue weighted by Gasteiger charge is -2.19. The monoisotopic (exact) mass is 353 g/mol. The third-order valence-electron chi connectivity index (χ3n) is 2.65. The van der Waals surface area contributed by atoms with E-state index < -0.39 is 11.7 Å². The summed E-state index contributed by atoms with van der Waals surface area (Å²) in [5, 5.41) is 7.19. The molecule has 6 nitrogen and oxygen atoms in total. The molecule has 2 aromatic rings. The molecule has 0 atom stereocenters. The molecule has 1 heterocycles. The van der Waals surface area contributed by atoms with E-state index in [0.717, 1.165) is 9.15 Å². The Bertz CT molecular complexity index is 716. The van der Waals surface area contributed by atoms with Gasteiger partial charge in [0, 0.05) is 16.9 Å². The highest BCUT2D eigenvalue weighted by atomic mass is 79.9. The number of halogens is 1. The zero-order valence-corrected chi connectivity index (χ0v) is 13.8. The molecule has 1 aromatic carbocycles. The summed E-state index contributed by atoms with van der Waals surface area (Å²) in [5.74, 6) is -0.357. The average molecular weight is 354 g/mol. The first-order chi connectivity index (χ1) is 9.73. The second kappa shape index (κ2) is 5.48. The standard InChI is InChI=1S/C14H16BrN3O3/c1-14(2,3)21-13(20)18-10-7-8(15)5-6-9(10)11(17-18)12(19)16-4/h5-7H,1-4H3,(H,16,19). The van der Waals surface area contributed by atoms with Gasteiger partial charge in [0.25, 0.3) is 5.91 Å². The zero-order chi connectivity index (χ0) is 15.8. The minimum Gasteiger partial charge on any atom is -0.442 e. The second-order valence-electron chi connectivity index (χ2n) is 5.48. The first kappa shape index (κ1) is 15.5. The van der Waals surface area contributed by atoms with Crippen LogP contribution in [0.4, 0.5) is 4.79 Å². The van der Waals surface area contributed by atoms with Crippen LogP contribution in [-0.4, -0.2) is 34.4 Å². The fraction of sp³-hybridized carbons (Fsp3) is 0.357. The van der Waals surface area contributed by atoms with Crippen molar-refractivity contribution in [2.45, 2.75) is 26.4 Å². The van der Waals surface area contributed by atoms with Crippen molar-refractivity contribution in [3.05, 3.63) is 28.4 Å². The molecule has 0 aliphatic heterocycles. The van der Waals surface area contributed by atoms with Crippen molar-refractivity contribution in [3.8, 4) is 0 Å². The van der Waals surface area contributed by atoms with Gasteiger partial charge in [-0.3, -0.25) is 4.79 Å². The van der Waals surface area contributed by atoms with Gasteiger partial charge in [-0.25, -0.2) is 4.79 Å². The molecule has 1 aromatic heterocycles. The van der Waals surface area contributed by atoms with Crippen molar-refractivity contribution in [1.82, 2.24) is 15.1 Å². The van der Waals surface area contributed by atoms with Crippen LogP contribution in [0.1, 0.15) is 31.3 Å². The maximum atomic E-state index is 12.2. The van der Waals surface area contributed by atoms with Crippen LogP contribution in [0.2, 0.25) is 0 Å². The average Bonchev–Trinajstić information content (AvgIpc) is 2.74. The molecule has 7 heteroatoms. The maximum absolute atomic E-state index is 12.2. The number of benzene rings is 1. The Kier molecular flexibility index (Phi) is 4.04. The Morgan fingerprint density at radius 2 is 2.00 bits per heavy atom. The van der Waals surface area contributed by atoms with E-state index in [1.54, 1.807) is 39.0 Å². The first-order valence-electron chi connectivity index (χ1n) is 6.36. The van der Waals surface area contributed by atoms with Gasteiger partial charge in [0.05, 0.1) is 5.52 Å². The third kappa shape index (κ3) is 3.24. The van der Waals surface area contributed by atoms with E-state index in [9.17, 15) is 9.59 Å². The van der Waals surface area contributed by atoms with Crippen LogP contribution in [0.15, 0.2) is 22.7 Å². The Balaban J connectivity index is 2.60. The molecular weight excluding hydrogens is 338 g/mol. The van der Waals surface area contributed by atoms with E-state index in [1.165, 1.54) is 7.05 Å². The van der Waals surface area contributed by atoms with Crippen molar-refractivity contribution in [1.29, 1.82) is 0 Å². The van der Waals surface area contributed by atoms with E-state index in [1.807, 2.05) is 0 Å². The summed E-state index contributed by atoms with van der Waals surface area (Å²) in [4.78, 5) is 24.1. The smallest absolute Gasteiger partial charge is 0.435 e. The van der Waals surface area contributed by atoms with Gasteiger partial charge < -0.3 is 10.1 Å². The highest BCUT2D eigenvalue weighted by Crippen LogP contribution is 2.24. The van der Waals surface area contributed by atoms with Crippen LogP contribution < -0.4 is 5.32 Å². The van der Waals surface area contributed by atoms with Crippen molar-refractivity contribution < 1.29 is 14.3 Å². The van der Waals surface area contributed by atoms with Crippen molar-refractivity contribution in [2.75, 3.05) is 7.05 Å². The number of rotatable bonds is 1. The van der Waals surface area contributed by atoms with Crippen LogP contribution in [0.5, 0.6) is 0 Å². The predicted octanol–water partition coefficient (Wildman–Crippen LogP) is 2.94. The van der Waals surface area contributed by atoms with Gasteiger partial charge in [-0.1, -0.05) is 15.9 Å². The first-order valence-corrected chi connectivity index (χ1v) is 7.16. The van der Waals surface area contributed by atoms with Crippen molar-refractivity contribution >= 4 is 38.8 Å². The molecule has 2 rings (SSSR count). The summed E-state index contributed by atoms with van der Waals surface area (Å²) in [6, 6.07) is 5.24. The molecule has 112 valence electrons. The van der Waals surface area contributed by atoms with E-state index in [0.29, 0.717) is 10.9 Å². The van der Waals surface area contributed by atoms with Gasteiger partial charge in [-0.15, -0.1) is 0 Å². The molecule has 0 aliphatic rings. The zero-order valence-electron chi connectivity index (χ0n) is 12.2. The topological polar surface area (TPSA) is 73.2 Å². The Hall–Kier alpha value is -1.89. The molecule has 0 unspecified atom stereocenters. The SMILES string of the molecule is CNC(=O)c1nn(C(=O)OC(C)(C)C)c2cc(Br)ccc12. The number of fused-ring (bicyclic) bond motifs is 1. The number of ether oxygens (including phenoxy) is 1. The number of hydrogen-bond acceptors (Lipinski definition) is 4. The van der Waals surface area contributed by atoms with Crippen molar-refractivity contribution in [2.24, 2.45) is 0 Å². The number of nitrogens with one attached hydrogen (secondary N) is 1. The number of amides is 1. The Labute approximate surface area is 130 Å². The fourth-order valence-corrected chi connectivity index (χ4v) is 2.17. The van der Waals surface area contributed by atoms with Gasteiger partial charge in [-0.2, -0.15) is 9.78 Å². The quantitative estimate of drug-likeness (QED) is 0.855. The molecular formula is C14H16BrN3O3. The minimum absolute atomic E-state index is 0.186. The second-order valence-corrected chi connectivity index (χ2v) is 6.40. The number of carbonyl (C=O) groups excluding carboxylic acids is 2. The molecule has 0 fully saturated rings. The number of hydrogen-bond donors (Lipinski definition) is 1. The molecule has 0 spiro atoms. The molecule has 1 amide bonds. The molecule has 21 heavy (non-hydrogen) atoms. The van der Waals surface area contributed by atoms with E-state index in [2.05, 4.69) is 26.3 Å². The normalized spacial score (nSPS) is 11.5.